The van der Waals surface area contributed by atoms with Gasteiger partial charge in [-0.25, -0.2) is 12.7 Å². The van der Waals surface area contributed by atoms with E-state index in [9.17, 15) is 18.0 Å². The highest BCUT2D eigenvalue weighted by Gasteiger charge is 2.20. The van der Waals surface area contributed by atoms with Crippen LogP contribution in [0.5, 0.6) is 0 Å². The average Bonchev–Trinajstić information content (AvgIpc) is 2.73. The number of nitrogens with one attached hydrogen (secondary N) is 3. The van der Waals surface area contributed by atoms with Crippen LogP contribution >= 0.6 is 0 Å². The molecule has 0 fully saturated rings. The van der Waals surface area contributed by atoms with Crippen LogP contribution in [0, 0.1) is 6.92 Å². The monoisotopic (exact) mass is 446 g/mol. The summed E-state index contributed by atoms with van der Waals surface area (Å²) in [7, 11) is -0.667. The molecule has 168 valence electrons. The summed E-state index contributed by atoms with van der Waals surface area (Å²) in [6, 6.07) is 12.0. The normalized spacial score (nSPS) is 11.3. The number of carbonyl (C=O) groups is 2. The summed E-state index contributed by atoms with van der Waals surface area (Å²) in [5.41, 5.74) is 2.79. The Kier molecular flexibility index (Phi) is 8.58. The lowest BCUT2D eigenvalue weighted by molar-refractivity contribution is -0.119. The third kappa shape index (κ3) is 6.53. The van der Waals surface area contributed by atoms with Gasteiger partial charge in [-0.15, -0.1) is 0 Å². The minimum Gasteiger partial charge on any atom is -0.376 e. The second kappa shape index (κ2) is 10.9. The van der Waals surface area contributed by atoms with Crippen molar-refractivity contribution >= 4 is 33.2 Å². The number of hydrogen-bond donors (Lipinski definition) is 3. The topological polar surface area (TPSA) is 108 Å². The molecule has 2 amide bonds. The van der Waals surface area contributed by atoms with Crippen LogP contribution in [0.25, 0.3) is 0 Å². The highest BCUT2D eigenvalue weighted by atomic mass is 32.2. The predicted octanol–water partition coefficient (Wildman–Crippen LogP) is 2.71. The summed E-state index contributed by atoms with van der Waals surface area (Å²) in [6.45, 7) is 3.91. The molecule has 0 aliphatic carbocycles. The van der Waals surface area contributed by atoms with Crippen molar-refractivity contribution in [1.29, 1.82) is 0 Å². The minimum atomic E-state index is -3.60. The molecule has 31 heavy (non-hydrogen) atoms. The van der Waals surface area contributed by atoms with Crippen LogP contribution in [0.1, 0.15) is 30.9 Å². The molecule has 8 nitrogen and oxygen atoms in total. The van der Waals surface area contributed by atoms with Gasteiger partial charge in [0.1, 0.15) is 0 Å². The Morgan fingerprint density at radius 1 is 0.968 bits per heavy atom. The molecule has 0 saturated carbocycles. The van der Waals surface area contributed by atoms with E-state index in [-0.39, 0.29) is 29.8 Å². The van der Waals surface area contributed by atoms with Crippen LogP contribution in [0.3, 0.4) is 0 Å². The first-order valence-electron chi connectivity index (χ1n) is 10.1. The van der Waals surface area contributed by atoms with Crippen LogP contribution in [-0.4, -0.2) is 45.2 Å². The Labute approximate surface area is 184 Å². The number of carbonyl (C=O) groups excluding carboxylic acids is 2. The third-order valence-electron chi connectivity index (χ3n) is 4.73. The number of amides is 2. The van der Waals surface area contributed by atoms with E-state index in [0.29, 0.717) is 17.7 Å². The Hall–Kier alpha value is -2.91. The fourth-order valence-corrected chi connectivity index (χ4v) is 4.05. The van der Waals surface area contributed by atoms with Crippen molar-refractivity contribution in [2.75, 3.05) is 31.3 Å². The van der Waals surface area contributed by atoms with Gasteiger partial charge in [0.15, 0.2) is 0 Å². The van der Waals surface area contributed by atoms with Crippen molar-refractivity contribution in [3.8, 4) is 0 Å². The van der Waals surface area contributed by atoms with E-state index < -0.39 is 10.0 Å². The van der Waals surface area contributed by atoms with Gasteiger partial charge in [0.2, 0.25) is 21.8 Å². The zero-order valence-corrected chi connectivity index (χ0v) is 19.2. The highest BCUT2D eigenvalue weighted by molar-refractivity contribution is 7.89. The van der Waals surface area contributed by atoms with Gasteiger partial charge < -0.3 is 16.0 Å². The van der Waals surface area contributed by atoms with Gasteiger partial charge in [-0.2, -0.15) is 0 Å². The average molecular weight is 447 g/mol. The molecule has 0 radical (unpaired) electrons. The number of nitrogens with zero attached hydrogens (tertiary/aromatic N) is 1. The lowest BCUT2D eigenvalue weighted by Crippen LogP contribution is -2.31. The Morgan fingerprint density at radius 2 is 1.65 bits per heavy atom. The van der Waals surface area contributed by atoms with Gasteiger partial charge in [-0.3, -0.25) is 9.59 Å². The number of rotatable bonds is 10. The molecule has 0 spiro atoms. The summed E-state index contributed by atoms with van der Waals surface area (Å²) in [6.07, 6.45) is 1.21. The van der Waals surface area contributed by atoms with Crippen molar-refractivity contribution < 1.29 is 18.0 Å². The van der Waals surface area contributed by atoms with E-state index in [4.69, 9.17) is 0 Å². The van der Waals surface area contributed by atoms with Crippen molar-refractivity contribution in [3.63, 3.8) is 0 Å². The maximum atomic E-state index is 12.5. The molecule has 0 aliphatic heterocycles. The highest BCUT2D eigenvalue weighted by Crippen LogP contribution is 2.23. The third-order valence-corrected chi connectivity index (χ3v) is 6.65. The molecule has 0 atom stereocenters. The summed E-state index contributed by atoms with van der Waals surface area (Å²) in [5, 5.41) is 8.69. The first kappa shape index (κ1) is 24.4. The molecule has 0 aromatic heterocycles. The van der Waals surface area contributed by atoms with Gasteiger partial charge in [0.05, 0.1) is 11.4 Å². The zero-order valence-electron chi connectivity index (χ0n) is 18.4. The SMILES string of the molecule is CCCC(=O)Nc1cccc(NCC(=O)NCc2ccccc2S(=O)(=O)N(C)C)c1C. The first-order valence-corrected chi connectivity index (χ1v) is 11.5. The lowest BCUT2D eigenvalue weighted by atomic mass is 10.1. The van der Waals surface area contributed by atoms with Crippen molar-refractivity contribution in [3.05, 3.63) is 53.6 Å². The van der Waals surface area contributed by atoms with E-state index in [0.717, 1.165) is 22.0 Å². The van der Waals surface area contributed by atoms with Crippen molar-refractivity contribution in [2.24, 2.45) is 0 Å². The number of sulfonamides is 1. The molecular formula is C22H30N4O4S. The Bertz CT molecular complexity index is 1040. The number of benzene rings is 2. The maximum absolute atomic E-state index is 12.5. The summed E-state index contributed by atoms with van der Waals surface area (Å²) in [5.74, 6) is -0.330. The van der Waals surface area contributed by atoms with E-state index in [2.05, 4.69) is 16.0 Å². The largest absolute Gasteiger partial charge is 0.376 e. The van der Waals surface area contributed by atoms with Crippen LogP contribution in [-0.2, 0) is 26.2 Å². The van der Waals surface area contributed by atoms with Gasteiger partial charge in [-0.05, 0) is 42.7 Å². The molecule has 3 N–H and O–H groups in total. The van der Waals surface area contributed by atoms with E-state index in [1.54, 1.807) is 24.3 Å². The van der Waals surface area contributed by atoms with Crippen LogP contribution in [0.4, 0.5) is 11.4 Å². The molecule has 2 rings (SSSR count). The van der Waals surface area contributed by atoms with E-state index >= 15 is 0 Å². The number of hydrogen-bond acceptors (Lipinski definition) is 5. The van der Waals surface area contributed by atoms with Gasteiger partial charge in [0.25, 0.3) is 0 Å². The van der Waals surface area contributed by atoms with Crippen LogP contribution in [0.2, 0.25) is 0 Å². The molecular weight excluding hydrogens is 416 g/mol. The predicted molar refractivity (Wildman–Crippen MR) is 122 cm³/mol. The molecule has 2 aromatic carbocycles. The lowest BCUT2D eigenvalue weighted by Gasteiger charge is -2.16. The minimum absolute atomic E-state index is 0.00972. The molecule has 0 heterocycles. The Balaban J connectivity index is 2.00. The van der Waals surface area contributed by atoms with Gasteiger partial charge in [-0.1, -0.05) is 31.2 Å². The molecule has 0 aliphatic rings. The van der Waals surface area contributed by atoms with Gasteiger partial charge in [0, 0.05) is 38.4 Å². The van der Waals surface area contributed by atoms with Gasteiger partial charge >= 0.3 is 0 Å². The quantitative estimate of drug-likeness (QED) is 0.520. The fraction of sp³-hybridized carbons (Fsp3) is 0.364. The molecule has 0 bridgehead atoms. The second-order valence-corrected chi connectivity index (χ2v) is 9.42. The van der Waals surface area contributed by atoms with Crippen molar-refractivity contribution in [2.45, 2.75) is 38.1 Å². The molecule has 0 unspecified atom stereocenters. The zero-order chi connectivity index (χ0) is 23.0. The first-order chi connectivity index (χ1) is 14.7. The van der Waals surface area contributed by atoms with E-state index in [1.807, 2.05) is 26.0 Å². The van der Waals surface area contributed by atoms with Crippen molar-refractivity contribution in [1.82, 2.24) is 9.62 Å². The van der Waals surface area contributed by atoms with Crippen LogP contribution < -0.4 is 16.0 Å². The number of anilines is 2. The summed E-state index contributed by atoms with van der Waals surface area (Å²) in [4.78, 5) is 24.4. The second-order valence-electron chi connectivity index (χ2n) is 7.30. The van der Waals surface area contributed by atoms with E-state index in [1.165, 1.54) is 20.2 Å². The Morgan fingerprint density at radius 3 is 2.32 bits per heavy atom. The standard InChI is InChI=1S/C22H30N4O4S/c1-5-9-21(27)25-19-12-8-11-18(16(19)2)23-15-22(28)24-14-17-10-6-7-13-20(17)31(29,30)26(3)4/h6-8,10-13,23H,5,9,14-15H2,1-4H3,(H,24,28)(H,25,27). The molecule has 9 heteroatoms. The summed E-state index contributed by atoms with van der Waals surface area (Å²) >= 11 is 0. The molecule has 0 saturated heterocycles. The maximum Gasteiger partial charge on any atom is 0.242 e. The molecule has 2 aromatic rings. The smallest absolute Gasteiger partial charge is 0.242 e. The summed E-state index contributed by atoms with van der Waals surface area (Å²) < 4.78 is 26.1. The fourth-order valence-electron chi connectivity index (χ4n) is 2.93. The van der Waals surface area contributed by atoms with Crippen LogP contribution in [0.15, 0.2) is 47.4 Å².